The van der Waals surface area contributed by atoms with E-state index in [2.05, 4.69) is 20.5 Å². The van der Waals surface area contributed by atoms with Crippen molar-refractivity contribution in [2.45, 2.75) is 19.2 Å². The van der Waals surface area contributed by atoms with Gasteiger partial charge >= 0.3 is 0 Å². The summed E-state index contributed by atoms with van der Waals surface area (Å²) >= 11 is 0. The number of nitrogens with zero attached hydrogens (tertiary/aromatic N) is 3. The number of anilines is 1. The van der Waals surface area contributed by atoms with E-state index in [4.69, 9.17) is 4.74 Å². The lowest BCUT2D eigenvalue weighted by molar-refractivity contribution is -0.118. The number of halogens is 1. The summed E-state index contributed by atoms with van der Waals surface area (Å²) in [4.78, 5) is 30.4. The number of amides is 1. The molecule has 4 heterocycles. The van der Waals surface area contributed by atoms with Crippen molar-refractivity contribution in [3.05, 3.63) is 64.3 Å². The van der Waals surface area contributed by atoms with Crippen molar-refractivity contribution >= 4 is 22.6 Å². The maximum absolute atomic E-state index is 13.7. The number of ether oxygens (including phenoxy) is 1. The van der Waals surface area contributed by atoms with Gasteiger partial charge in [0.05, 0.1) is 17.3 Å². The van der Waals surface area contributed by atoms with Crippen LogP contribution in [0.1, 0.15) is 5.69 Å². The zero-order valence-corrected chi connectivity index (χ0v) is 18.5. The van der Waals surface area contributed by atoms with Crippen LogP contribution in [0.2, 0.25) is 0 Å². The molecule has 0 aliphatic carbocycles. The highest BCUT2D eigenvalue weighted by Gasteiger charge is 2.30. The molecule has 2 aromatic heterocycles. The first kappa shape index (κ1) is 22.5. The smallest absolute Gasteiger partial charge is 0.263 e. The van der Waals surface area contributed by atoms with Crippen molar-refractivity contribution in [3.8, 4) is 5.75 Å². The fourth-order valence-corrected chi connectivity index (χ4v) is 4.55. The molecule has 1 saturated heterocycles. The Morgan fingerprint density at radius 2 is 2.00 bits per heavy atom. The van der Waals surface area contributed by atoms with Gasteiger partial charge in [-0.05, 0) is 41.8 Å². The van der Waals surface area contributed by atoms with E-state index in [0.717, 1.165) is 11.1 Å². The number of pyridine rings is 2. The van der Waals surface area contributed by atoms with Gasteiger partial charge in [-0.25, -0.2) is 9.37 Å². The number of nitrogens with one attached hydrogen (secondary N) is 2. The Kier molecular flexibility index (Phi) is 6.27. The van der Waals surface area contributed by atoms with Crippen LogP contribution in [-0.4, -0.2) is 64.4 Å². The summed E-state index contributed by atoms with van der Waals surface area (Å²) in [5.41, 5.74) is 1.16. The van der Waals surface area contributed by atoms with Crippen LogP contribution in [0.25, 0.3) is 10.9 Å². The molecule has 0 saturated carbocycles. The van der Waals surface area contributed by atoms with Crippen molar-refractivity contribution in [1.29, 1.82) is 0 Å². The molecule has 3 aromatic rings. The molecule has 178 valence electrons. The number of β-amino-alcohol motifs (C(OH)–C–C–N with tert-alkyl or cyclic N) is 1. The highest BCUT2D eigenvalue weighted by Crippen LogP contribution is 2.25. The first-order chi connectivity index (χ1) is 16.5. The minimum atomic E-state index is -0.488. The normalized spacial score (nSPS) is 20.2. The Hall–Kier alpha value is -3.34. The standard InChI is InChI=1S/C24H26FN5O4/c25-17-3-1-15-2-6-23(33)30(19(15)9-17)8-7-29-12-16(20(31)13-29)10-26-11-18-4-5-21-24(27-18)28-22(32)14-34-21/h1-6,9,16,20,26,31H,7-8,10-14H2,(H,27,28,32)/t16-,20+/m1/s1. The van der Waals surface area contributed by atoms with Gasteiger partial charge in [0.15, 0.2) is 18.2 Å². The molecule has 2 aliphatic rings. The molecule has 0 spiro atoms. The van der Waals surface area contributed by atoms with E-state index in [1.165, 1.54) is 18.2 Å². The van der Waals surface area contributed by atoms with Crippen LogP contribution in [0.15, 0.2) is 47.3 Å². The number of hydrogen-bond donors (Lipinski definition) is 3. The van der Waals surface area contributed by atoms with Crippen LogP contribution in [0.3, 0.4) is 0 Å². The highest BCUT2D eigenvalue weighted by atomic mass is 19.1. The second-order valence-electron chi connectivity index (χ2n) is 8.73. The predicted molar refractivity (Wildman–Crippen MR) is 124 cm³/mol. The van der Waals surface area contributed by atoms with Crippen molar-refractivity contribution < 1.29 is 19.0 Å². The van der Waals surface area contributed by atoms with Crippen molar-refractivity contribution in [2.24, 2.45) is 5.92 Å². The molecule has 3 N–H and O–H groups in total. The Morgan fingerprint density at radius 3 is 2.88 bits per heavy atom. The zero-order chi connectivity index (χ0) is 23.7. The molecular weight excluding hydrogens is 441 g/mol. The Bertz CT molecular complexity index is 1280. The highest BCUT2D eigenvalue weighted by molar-refractivity contribution is 5.94. The van der Waals surface area contributed by atoms with Gasteiger partial charge < -0.3 is 25.0 Å². The minimum Gasteiger partial charge on any atom is -0.480 e. The third-order valence-corrected chi connectivity index (χ3v) is 6.32. The summed E-state index contributed by atoms with van der Waals surface area (Å²) in [7, 11) is 0. The number of hydrogen-bond acceptors (Lipinski definition) is 7. The molecule has 2 aliphatic heterocycles. The van der Waals surface area contributed by atoms with E-state index in [1.54, 1.807) is 22.8 Å². The maximum atomic E-state index is 13.7. The predicted octanol–water partition coefficient (Wildman–Crippen LogP) is 0.949. The molecule has 1 fully saturated rings. The monoisotopic (exact) mass is 467 g/mol. The van der Waals surface area contributed by atoms with Gasteiger partial charge in [0.25, 0.3) is 11.5 Å². The van der Waals surface area contributed by atoms with Crippen LogP contribution in [-0.2, 0) is 17.9 Å². The number of carbonyl (C=O) groups excluding carboxylic acids is 1. The summed E-state index contributed by atoms with van der Waals surface area (Å²) in [5, 5.41) is 17.4. The molecule has 1 aromatic carbocycles. The quantitative estimate of drug-likeness (QED) is 0.475. The van der Waals surface area contributed by atoms with Crippen molar-refractivity contribution in [3.63, 3.8) is 0 Å². The average molecular weight is 468 g/mol. The second-order valence-corrected chi connectivity index (χ2v) is 8.73. The molecule has 5 rings (SSSR count). The second kappa shape index (κ2) is 9.49. The molecule has 34 heavy (non-hydrogen) atoms. The Labute approximate surface area is 195 Å². The largest absolute Gasteiger partial charge is 0.480 e. The SMILES string of the molecule is O=C1COc2ccc(CNC[C@@H]3CN(CCn4c(=O)ccc5ccc(F)cc54)C[C@@H]3O)nc2N1. The fraction of sp³-hybridized carbons (Fsp3) is 0.375. The number of rotatable bonds is 7. The van der Waals surface area contributed by atoms with Gasteiger partial charge in [0.1, 0.15) is 5.82 Å². The van der Waals surface area contributed by atoms with Crippen LogP contribution in [0, 0.1) is 11.7 Å². The van der Waals surface area contributed by atoms with Crippen molar-refractivity contribution in [2.75, 3.05) is 38.1 Å². The van der Waals surface area contributed by atoms with Gasteiger partial charge in [-0.15, -0.1) is 0 Å². The van der Waals surface area contributed by atoms with Crippen molar-refractivity contribution in [1.82, 2.24) is 19.8 Å². The topological polar surface area (TPSA) is 109 Å². The number of aliphatic hydroxyl groups excluding tert-OH is 1. The summed E-state index contributed by atoms with van der Waals surface area (Å²) in [6.07, 6.45) is -0.488. The summed E-state index contributed by atoms with van der Waals surface area (Å²) in [6.45, 7) is 3.27. The summed E-state index contributed by atoms with van der Waals surface area (Å²) in [5.74, 6) is 0.403. The van der Waals surface area contributed by atoms with E-state index < -0.39 is 6.10 Å². The van der Waals surface area contributed by atoms with Gasteiger partial charge in [-0.3, -0.25) is 14.5 Å². The number of likely N-dealkylation sites (tertiary alicyclic amines) is 1. The molecular formula is C24H26FN5O4. The first-order valence-corrected chi connectivity index (χ1v) is 11.3. The number of aliphatic hydroxyl groups is 1. The summed E-state index contributed by atoms with van der Waals surface area (Å²) < 4.78 is 20.6. The van der Waals surface area contributed by atoms with Gasteiger partial charge in [-0.2, -0.15) is 0 Å². The molecule has 10 heteroatoms. The number of benzene rings is 1. The number of carbonyl (C=O) groups is 1. The molecule has 0 bridgehead atoms. The Balaban J connectivity index is 1.15. The lowest BCUT2D eigenvalue weighted by Gasteiger charge is -2.18. The molecule has 9 nitrogen and oxygen atoms in total. The minimum absolute atomic E-state index is 0.00559. The first-order valence-electron chi connectivity index (χ1n) is 11.3. The number of fused-ring (bicyclic) bond motifs is 2. The fourth-order valence-electron chi connectivity index (χ4n) is 4.55. The molecule has 1 amide bonds. The van der Waals surface area contributed by atoms with Crippen LogP contribution in [0.4, 0.5) is 10.2 Å². The van der Waals surface area contributed by atoms with E-state index in [9.17, 15) is 19.1 Å². The maximum Gasteiger partial charge on any atom is 0.263 e. The van der Waals surface area contributed by atoms with E-state index >= 15 is 0 Å². The number of aromatic nitrogens is 2. The van der Waals surface area contributed by atoms with Crippen LogP contribution >= 0.6 is 0 Å². The zero-order valence-electron chi connectivity index (χ0n) is 18.5. The lowest BCUT2D eigenvalue weighted by Crippen LogP contribution is -2.31. The Morgan fingerprint density at radius 1 is 1.15 bits per heavy atom. The lowest BCUT2D eigenvalue weighted by atomic mass is 10.1. The van der Waals surface area contributed by atoms with E-state index in [-0.39, 0.29) is 29.8 Å². The molecule has 0 radical (unpaired) electrons. The summed E-state index contributed by atoms with van der Waals surface area (Å²) in [6, 6.07) is 11.3. The molecule has 0 unspecified atom stereocenters. The van der Waals surface area contributed by atoms with E-state index in [1.807, 2.05) is 6.07 Å². The third-order valence-electron chi connectivity index (χ3n) is 6.32. The van der Waals surface area contributed by atoms with E-state index in [0.29, 0.717) is 56.4 Å². The van der Waals surface area contributed by atoms with Gasteiger partial charge in [0.2, 0.25) is 0 Å². The van der Waals surface area contributed by atoms with Crippen LogP contribution < -0.4 is 20.9 Å². The molecule has 2 atom stereocenters. The third kappa shape index (κ3) is 4.79. The average Bonchev–Trinajstić information content (AvgIpc) is 3.17. The van der Waals surface area contributed by atoms with Gasteiger partial charge in [0, 0.05) is 51.3 Å². The van der Waals surface area contributed by atoms with Crippen LogP contribution in [0.5, 0.6) is 5.75 Å². The van der Waals surface area contributed by atoms with Gasteiger partial charge in [-0.1, -0.05) is 0 Å².